The van der Waals surface area contributed by atoms with Gasteiger partial charge in [0.05, 0.1) is 5.69 Å². The van der Waals surface area contributed by atoms with Gasteiger partial charge in [-0.2, -0.15) is 0 Å². The summed E-state index contributed by atoms with van der Waals surface area (Å²) in [6, 6.07) is 76.7. The van der Waals surface area contributed by atoms with Gasteiger partial charge in [0.1, 0.15) is 16.7 Å². The van der Waals surface area contributed by atoms with Gasteiger partial charge in [-0.05, 0) is 119 Å². The number of para-hydroxylation sites is 5. The minimum atomic E-state index is 0.841. The summed E-state index contributed by atoms with van der Waals surface area (Å²) in [5.41, 5.74) is 14.3. The molecule has 4 nitrogen and oxygen atoms in total. The number of fused-ring (bicyclic) bond motifs is 6. The molecule has 2 aromatic heterocycles. The van der Waals surface area contributed by atoms with Gasteiger partial charge in [-0.25, -0.2) is 0 Å². The minimum absolute atomic E-state index is 0.841. The molecule has 0 amide bonds. The summed E-state index contributed by atoms with van der Waals surface area (Å²) < 4.78 is 13.0. The van der Waals surface area contributed by atoms with E-state index < -0.39 is 0 Å². The molecule has 0 N–H and O–H groups in total. The Morgan fingerprint density at radius 2 is 0.776 bits per heavy atom. The van der Waals surface area contributed by atoms with Crippen LogP contribution in [-0.2, 0) is 0 Å². The van der Waals surface area contributed by atoms with Gasteiger partial charge < -0.3 is 18.6 Å². The summed E-state index contributed by atoms with van der Waals surface area (Å²) in [6.45, 7) is 0. The maximum atomic E-state index is 6.89. The van der Waals surface area contributed by atoms with Crippen molar-refractivity contribution in [2.24, 2.45) is 0 Å². The molecule has 2 heterocycles. The van der Waals surface area contributed by atoms with Crippen molar-refractivity contribution >= 4 is 78.0 Å². The van der Waals surface area contributed by atoms with Gasteiger partial charge in [0.15, 0.2) is 5.58 Å². The molecule has 0 aliphatic heterocycles. The van der Waals surface area contributed by atoms with Crippen LogP contribution in [0.1, 0.15) is 0 Å². The normalized spacial score (nSPS) is 11.4. The van der Waals surface area contributed by atoms with Crippen LogP contribution in [0.15, 0.2) is 227 Å². The molecule has 0 atom stereocenters. The molecule has 0 saturated heterocycles. The molecular weight excluding hydrogens is 709 g/mol. The Hall–Kier alpha value is -7.82. The van der Waals surface area contributed by atoms with E-state index in [9.17, 15) is 0 Å². The van der Waals surface area contributed by atoms with Crippen LogP contribution in [0.5, 0.6) is 0 Å². The summed E-state index contributed by atoms with van der Waals surface area (Å²) in [5, 5.41) is 4.41. The Balaban J connectivity index is 0.980. The fraction of sp³-hybridized carbons (Fsp3) is 0. The van der Waals surface area contributed by atoms with Gasteiger partial charge in [0, 0.05) is 50.0 Å². The maximum absolute atomic E-state index is 6.89. The van der Waals surface area contributed by atoms with Gasteiger partial charge in [-0.15, -0.1) is 0 Å². The SMILES string of the molecule is c1ccc(N(c2ccccc2)c2cccc(-c3ccc4c(c3)oc3c(N(c5ccccc5)c5ccc(-c6ccc7oc8ccccc8c7c6)cc5)cccc34)c2)cc1. The molecule has 0 spiro atoms. The van der Waals surface area contributed by atoms with Gasteiger partial charge in [-0.3, -0.25) is 0 Å². The molecule has 4 heteroatoms. The molecule has 0 bridgehead atoms. The first-order valence-electron chi connectivity index (χ1n) is 19.6. The lowest BCUT2D eigenvalue weighted by Gasteiger charge is -2.25. The molecule has 274 valence electrons. The fourth-order valence-electron chi connectivity index (χ4n) is 8.28. The third-order valence-electron chi connectivity index (χ3n) is 11.0. The van der Waals surface area contributed by atoms with Gasteiger partial charge in [0.2, 0.25) is 0 Å². The number of hydrogen-bond donors (Lipinski definition) is 0. The van der Waals surface area contributed by atoms with Crippen LogP contribution >= 0.6 is 0 Å². The largest absolute Gasteiger partial charge is 0.456 e. The van der Waals surface area contributed by atoms with Crippen molar-refractivity contribution in [2.45, 2.75) is 0 Å². The number of furan rings is 2. The highest BCUT2D eigenvalue weighted by Crippen LogP contribution is 2.44. The second kappa shape index (κ2) is 14.0. The molecule has 0 saturated carbocycles. The van der Waals surface area contributed by atoms with E-state index in [0.29, 0.717) is 0 Å². The Labute approximate surface area is 336 Å². The zero-order valence-corrected chi connectivity index (χ0v) is 31.5. The lowest BCUT2D eigenvalue weighted by Crippen LogP contribution is -2.10. The molecule has 11 rings (SSSR count). The van der Waals surface area contributed by atoms with Crippen molar-refractivity contribution in [1.82, 2.24) is 0 Å². The number of hydrogen-bond acceptors (Lipinski definition) is 4. The van der Waals surface area contributed by atoms with E-state index in [1.54, 1.807) is 0 Å². The van der Waals surface area contributed by atoms with Crippen molar-refractivity contribution < 1.29 is 8.83 Å². The predicted octanol–water partition coefficient (Wildman–Crippen LogP) is 15.8. The molecule has 0 aliphatic carbocycles. The second-order valence-electron chi connectivity index (χ2n) is 14.6. The summed E-state index contributed by atoms with van der Waals surface area (Å²) in [6.07, 6.45) is 0. The lowest BCUT2D eigenvalue weighted by molar-refractivity contribution is 0.668. The van der Waals surface area contributed by atoms with Gasteiger partial charge in [-0.1, -0.05) is 121 Å². The number of benzene rings is 9. The van der Waals surface area contributed by atoms with Crippen LogP contribution in [0.4, 0.5) is 34.1 Å². The Kier molecular flexibility index (Phi) is 8.11. The van der Waals surface area contributed by atoms with E-state index in [1.807, 2.05) is 12.1 Å². The highest BCUT2D eigenvalue weighted by atomic mass is 16.3. The van der Waals surface area contributed by atoms with Crippen molar-refractivity contribution in [3.05, 3.63) is 218 Å². The molecule has 0 unspecified atom stereocenters. The van der Waals surface area contributed by atoms with E-state index in [-0.39, 0.29) is 0 Å². The maximum Gasteiger partial charge on any atom is 0.159 e. The summed E-state index contributed by atoms with van der Waals surface area (Å²) >= 11 is 0. The van der Waals surface area contributed by atoms with Crippen LogP contribution in [0.2, 0.25) is 0 Å². The first-order valence-corrected chi connectivity index (χ1v) is 19.6. The lowest BCUT2D eigenvalue weighted by atomic mass is 10.0. The van der Waals surface area contributed by atoms with Crippen LogP contribution in [-0.4, -0.2) is 0 Å². The highest BCUT2D eigenvalue weighted by Gasteiger charge is 2.20. The molecule has 11 aromatic rings. The zero-order valence-electron chi connectivity index (χ0n) is 31.5. The summed E-state index contributed by atoms with van der Waals surface area (Å²) in [7, 11) is 0. The number of anilines is 6. The van der Waals surface area contributed by atoms with Crippen LogP contribution in [0, 0.1) is 0 Å². The predicted molar refractivity (Wildman–Crippen MR) is 241 cm³/mol. The van der Waals surface area contributed by atoms with E-state index in [1.165, 1.54) is 0 Å². The smallest absolute Gasteiger partial charge is 0.159 e. The van der Waals surface area contributed by atoms with Crippen LogP contribution in [0.3, 0.4) is 0 Å². The Morgan fingerprint density at radius 3 is 1.52 bits per heavy atom. The van der Waals surface area contributed by atoms with Gasteiger partial charge in [0.25, 0.3) is 0 Å². The molecular formula is C54H36N2O2. The first kappa shape index (κ1) is 33.5. The molecule has 58 heavy (non-hydrogen) atoms. The second-order valence-corrected chi connectivity index (χ2v) is 14.6. The van der Waals surface area contributed by atoms with E-state index in [0.717, 1.165) is 100 Å². The third kappa shape index (κ3) is 5.87. The fourth-order valence-corrected chi connectivity index (χ4v) is 8.28. The van der Waals surface area contributed by atoms with Crippen molar-refractivity contribution in [3.63, 3.8) is 0 Å². The molecule has 0 fully saturated rings. The first-order chi connectivity index (χ1) is 28.7. The average molecular weight is 745 g/mol. The van der Waals surface area contributed by atoms with Crippen molar-refractivity contribution in [3.8, 4) is 22.3 Å². The number of nitrogens with zero attached hydrogens (tertiary/aromatic N) is 2. The van der Waals surface area contributed by atoms with E-state index in [2.05, 4.69) is 216 Å². The van der Waals surface area contributed by atoms with Crippen molar-refractivity contribution in [2.75, 3.05) is 9.80 Å². The third-order valence-corrected chi connectivity index (χ3v) is 11.0. The monoisotopic (exact) mass is 744 g/mol. The molecule has 9 aromatic carbocycles. The molecule has 0 aliphatic rings. The van der Waals surface area contributed by atoms with Crippen LogP contribution in [0.25, 0.3) is 66.1 Å². The minimum Gasteiger partial charge on any atom is -0.456 e. The number of rotatable bonds is 8. The standard InChI is InChI=1S/C54H36N2O2/c1-4-15-41(16-5-1)55(42-17-6-2-7-18-42)45-21-12-14-38(34-45)40-28-32-47-48-23-13-24-50(54(48)58-53(47)36-40)56(43-19-8-3-9-20-43)44-30-26-37(27-31-44)39-29-33-52-49(35-39)46-22-10-11-25-51(46)57-52/h1-36H. The molecule has 0 radical (unpaired) electrons. The zero-order chi connectivity index (χ0) is 38.4. The van der Waals surface area contributed by atoms with Gasteiger partial charge >= 0.3 is 0 Å². The highest BCUT2D eigenvalue weighted by molar-refractivity contribution is 6.11. The Bertz CT molecular complexity index is 3180. The average Bonchev–Trinajstić information content (AvgIpc) is 3.86. The van der Waals surface area contributed by atoms with E-state index in [4.69, 9.17) is 8.83 Å². The Morgan fingerprint density at radius 1 is 0.259 bits per heavy atom. The summed E-state index contributed by atoms with van der Waals surface area (Å²) in [4.78, 5) is 4.58. The van der Waals surface area contributed by atoms with Crippen LogP contribution < -0.4 is 9.80 Å². The van der Waals surface area contributed by atoms with Crippen molar-refractivity contribution in [1.29, 1.82) is 0 Å². The summed E-state index contributed by atoms with van der Waals surface area (Å²) in [5.74, 6) is 0. The van der Waals surface area contributed by atoms with E-state index >= 15 is 0 Å². The topological polar surface area (TPSA) is 32.8 Å². The quantitative estimate of drug-likeness (QED) is 0.155.